The number of carbonyl (C=O) groups is 1. The van der Waals surface area contributed by atoms with E-state index in [1.54, 1.807) is 17.0 Å². The topological polar surface area (TPSA) is 57.7 Å². The number of aryl methyl sites for hydroxylation is 3. The number of hydrogen-bond acceptors (Lipinski definition) is 3. The van der Waals surface area contributed by atoms with Crippen LogP contribution in [0.5, 0.6) is 0 Å². The molecule has 0 spiro atoms. The highest BCUT2D eigenvalue weighted by Crippen LogP contribution is 2.21. The first-order valence-corrected chi connectivity index (χ1v) is 11.2. The van der Waals surface area contributed by atoms with Gasteiger partial charge in [-0.25, -0.2) is 8.42 Å². The molecule has 0 saturated carbocycles. The number of halogens is 1. The number of piperazine rings is 1. The molecule has 0 unspecified atom stereocenters. The first kappa shape index (κ1) is 20.8. The summed E-state index contributed by atoms with van der Waals surface area (Å²) in [4.78, 5) is 14.6. The number of rotatable bonds is 5. The van der Waals surface area contributed by atoms with Crippen molar-refractivity contribution in [3.63, 3.8) is 0 Å². The molecule has 2 aromatic carbocycles. The molecule has 0 N–H and O–H groups in total. The van der Waals surface area contributed by atoms with E-state index < -0.39 is 10.0 Å². The molecule has 0 aromatic heterocycles. The van der Waals surface area contributed by atoms with Crippen LogP contribution in [-0.4, -0.2) is 49.7 Å². The molecule has 28 heavy (non-hydrogen) atoms. The summed E-state index contributed by atoms with van der Waals surface area (Å²) in [5.74, 6) is 0.0307. The van der Waals surface area contributed by atoms with Crippen molar-refractivity contribution < 1.29 is 13.2 Å². The average molecular weight is 421 g/mol. The van der Waals surface area contributed by atoms with Gasteiger partial charge in [0.05, 0.1) is 4.90 Å². The third-order valence-electron chi connectivity index (χ3n) is 5.27. The molecule has 0 radical (unpaired) electrons. The van der Waals surface area contributed by atoms with Gasteiger partial charge in [0, 0.05) is 37.6 Å². The molecule has 1 amide bonds. The largest absolute Gasteiger partial charge is 0.340 e. The van der Waals surface area contributed by atoms with Gasteiger partial charge in [0.15, 0.2) is 0 Å². The quantitative estimate of drug-likeness (QED) is 0.744. The third-order valence-corrected chi connectivity index (χ3v) is 7.54. The van der Waals surface area contributed by atoms with Gasteiger partial charge < -0.3 is 4.90 Å². The van der Waals surface area contributed by atoms with Crippen LogP contribution in [0.15, 0.2) is 47.4 Å². The molecule has 0 bridgehead atoms. The molecule has 2 aromatic rings. The second kappa shape index (κ2) is 8.64. The number of amides is 1. The number of sulfonamides is 1. The van der Waals surface area contributed by atoms with Crippen molar-refractivity contribution in [1.82, 2.24) is 9.21 Å². The van der Waals surface area contributed by atoms with Crippen LogP contribution in [0.3, 0.4) is 0 Å². The van der Waals surface area contributed by atoms with Gasteiger partial charge in [-0.15, -0.1) is 0 Å². The van der Waals surface area contributed by atoms with Crippen molar-refractivity contribution in [1.29, 1.82) is 0 Å². The Balaban J connectivity index is 1.58. The van der Waals surface area contributed by atoms with Gasteiger partial charge in [0.1, 0.15) is 0 Å². The van der Waals surface area contributed by atoms with Gasteiger partial charge in [0.2, 0.25) is 15.9 Å². The highest BCUT2D eigenvalue weighted by Gasteiger charge is 2.30. The summed E-state index contributed by atoms with van der Waals surface area (Å²) >= 11 is 6.14. The molecular weight excluding hydrogens is 396 g/mol. The minimum Gasteiger partial charge on any atom is -0.340 e. The minimum absolute atomic E-state index is 0.0307. The predicted octanol–water partition coefficient (Wildman–Crippen LogP) is 3.42. The smallest absolute Gasteiger partial charge is 0.243 e. The molecule has 1 fully saturated rings. The van der Waals surface area contributed by atoms with Crippen LogP contribution in [0.4, 0.5) is 0 Å². The summed E-state index contributed by atoms with van der Waals surface area (Å²) in [6, 6.07) is 12.7. The lowest BCUT2D eigenvalue weighted by Gasteiger charge is -2.34. The van der Waals surface area contributed by atoms with Gasteiger partial charge >= 0.3 is 0 Å². The van der Waals surface area contributed by atoms with E-state index in [4.69, 9.17) is 11.6 Å². The highest BCUT2D eigenvalue weighted by molar-refractivity contribution is 7.89. The van der Waals surface area contributed by atoms with Crippen molar-refractivity contribution in [2.24, 2.45) is 0 Å². The van der Waals surface area contributed by atoms with E-state index >= 15 is 0 Å². The van der Waals surface area contributed by atoms with E-state index in [1.807, 2.05) is 44.2 Å². The van der Waals surface area contributed by atoms with E-state index in [-0.39, 0.29) is 5.91 Å². The van der Waals surface area contributed by atoms with E-state index in [0.717, 1.165) is 16.7 Å². The van der Waals surface area contributed by atoms with Crippen molar-refractivity contribution in [2.45, 2.75) is 31.6 Å². The van der Waals surface area contributed by atoms with Crippen molar-refractivity contribution in [3.05, 3.63) is 64.2 Å². The summed E-state index contributed by atoms with van der Waals surface area (Å²) in [6.45, 7) is 5.31. The Kier molecular flexibility index (Phi) is 6.43. The normalized spacial score (nSPS) is 15.6. The van der Waals surface area contributed by atoms with Crippen LogP contribution < -0.4 is 0 Å². The molecule has 3 rings (SSSR count). The maximum absolute atomic E-state index is 12.9. The zero-order valence-corrected chi connectivity index (χ0v) is 17.8. The monoisotopic (exact) mass is 420 g/mol. The molecule has 150 valence electrons. The van der Waals surface area contributed by atoms with E-state index in [9.17, 15) is 13.2 Å². The first-order valence-electron chi connectivity index (χ1n) is 9.37. The Morgan fingerprint density at radius 2 is 1.68 bits per heavy atom. The number of nitrogens with zero attached hydrogens (tertiary/aromatic N) is 2. The van der Waals surface area contributed by atoms with Gasteiger partial charge in [-0.2, -0.15) is 4.31 Å². The van der Waals surface area contributed by atoms with Crippen molar-refractivity contribution in [2.75, 3.05) is 26.2 Å². The lowest BCUT2D eigenvalue weighted by Crippen LogP contribution is -2.50. The lowest BCUT2D eigenvalue weighted by molar-refractivity contribution is -0.132. The van der Waals surface area contributed by atoms with Gasteiger partial charge in [-0.3, -0.25) is 4.79 Å². The molecule has 0 aliphatic carbocycles. The Morgan fingerprint density at radius 3 is 2.32 bits per heavy atom. The van der Waals surface area contributed by atoms with E-state index in [1.165, 1.54) is 4.31 Å². The Labute approximate surface area is 172 Å². The number of hydrogen-bond donors (Lipinski definition) is 0. The first-order chi connectivity index (χ1) is 13.3. The van der Waals surface area contributed by atoms with Gasteiger partial charge in [-0.05, 0) is 55.2 Å². The molecule has 1 heterocycles. The fraction of sp³-hybridized carbons (Fsp3) is 0.381. The molecule has 1 aliphatic rings. The summed E-state index contributed by atoms with van der Waals surface area (Å²) < 4.78 is 27.2. The van der Waals surface area contributed by atoms with Crippen LogP contribution in [0.1, 0.15) is 23.1 Å². The zero-order chi connectivity index (χ0) is 20.3. The maximum Gasteiger partial charge on any atom is 0.243 e. The fourth-order valence-corrected chi connectivity index (χ4v) is 5.04. The minimum atomic E-state index is -3.53. The third kappa shape index (κ3) is 4.57. The Morgan fingerprint density at radius 1 is 1.00 bits per heavy atom. The standard InChI is InChI=1S/C21H25ClN2O3S/c1-16-7-9-19(15-17(16)2)28(26,27)24-13-11-23(12-14-24)21(25)10-8-18-5-3-4-6-20(18)22/h3-7,9,15H,8,10-14H2,1-2H3. The fourth-order valence-electron chi connectivity index (χ4n) is 3.30. The molecule has 1 saturated heterocycles. The SMILES string of the molecule is Cc1ccc(S(=O)(=O)N2CCN(C(=O)CCc3ccccc3Cl)CC2)cc1C. The van der Waals surface area contributed by atoms with Crippen LogP contribution in [-0.2, 0) is 21.2 Å². The van der Waals surface area contributed by atoms with Gasteiger partial charge in [0.25, 0.3) is 0 Å². The van der Waals surface area contributed by atoms with Gasteiger partial charge in [-0.1, -0.05) is 35.9 Å². The Bertz CT molecular complexity index is 967. The summed E-state index contributed by atoms with van der Waals surface area (Å²) in [5, 5.41) is 0.666. The second-order valence-corrected chi connectivity index (χ2v) is 9.47. The molecule has 1 aliphatic heterocycles. The van der Waals surface area contributed by atoms with Crippen molar-refractivity contribution >= 4 is 27.5 Å². The molecular formula is C21H25ClN2O3S. The zero-order valence-electron chi connectivity index (χ0n) is 16.2. The van der Waals surface area contributed by atoms with Crippen LogP contribution in [0, 0.1) is 13.8 Å². The number of benzene rings is 2. The van der Waals surface area contributed by atoms with Crippen molar-refractivity contribution in [3.8, 4) is 0 Å². The van der Waals surface area contributed by atoms with E-state index in [2.05, 4.69) is 0 Å². The van der Waals surface area contributed by atoms with Crippen LogP contribution in [0.25, 0.3) is 0 Å². The average Bonchev–Trinajstić information content (AvgIpc) is 2.69. The summed E-state index contributed by atoms with van der Waals surface area (Å²) in [5.41, 5.74) is 2.97. The maximum atomic E-state index is 12.9. The second-order valence-electron chi connectivity index (χ2n) is 7.12. The summed E-state index contributed by atoms with van der Waals surface area (Å²) in [6.07, 6.45) is 0.952. The predicted molar refractivity (Wildman–Crippen MR) is 111 cm³/mol. The van der Waals surface area contributed by atoms with Crippen LogP contribution in [0.2, 0.25) is 5.02 Å². The molecule has 7 heteroatoms. The Hall–Kier alpha value is -1.89. The lowest BCUT2D eigenvalue weighted by atomic mass is 10.1. The molecule has 5 nitrogen and oxygen atoms in total. The number of carbonyl (C=O) groups excluding carboxylic acids is 1. The molecule has 0 atom stereocenters. The van der Waals surface area contributed by atoms with Crippen LogP contribution >= 0.6 is 11.6 Å². The highest BCUT2D eigenvalue weighted by atomic mass is 35.5. The van der Waals surface area contributed by atoms with E-state index in [0.29, 0.717) is 48.9 Å². The summed E-state index contributed by atoms with van der Waals surface area (Å²) in [7, 11) is -3.53.